The van der Waals surface area contributed by atoms with E-state index in [-0.39, 0.29) is 0 Å². The molecule has 0 radical (unpaired) electrons. The summed E-state index contributed by atoms with van der Waals surface area (Å²) in [4.78, 5) is 22.3. The van der Waals surface area contributed by atoms with E-state index in [2.05, 4.69) is 20.9 Å². The second-order valence-corrected chi connectivity index (χ2v) is 5.36. The first-order valence-electron chi connectivity index (χ1n) is 7.69. The summed E-state index contributed by atoms with van der Waals surface area (Å²) in [7, 11) is 1.34. The van der Waals surface area contributed by atoms with Gasteiger partial charge in [0.2, 0.25) is 0 Å². The van der Waals surface area contributed by atoms with Gasteiger partial charge in [-0.05, 0) is 45.1 Å². The van der Waals surface area contributed by atoms with Gasteiger partial charge in [0.1, 0.15) is 11.4 Å². The van der Waals surface area contributed by atoms with Crippen molar-refractivity contribution in [2.24, 2.45) is 7.05 Å². The Kier molecular flexibility index (Phi) is 5.34. The third kappa shape index (κ3) is 3.80. The van der Waals surface area contributed by atoms with E-state index in [4.69, 9.17) is 0 Å². The third-order valence-corrected chi connectivity index (χ3v) is 3.49. The van der Waals surface area contributed by atoms with E-state index in [9.17, 15) is 27.2 Å². The Balaban J connectivity index is 0.000000166. The van der Waals surface area contributed by atoms with Gasteiger partial charge in [-0.2, -0.15) is 14.0 Å². The molecule has 4 rings (SSSR count). The molecule has 29 heavy (non-hydrogen) atoms. The summed E-state index contributed by atoms with van der Waals surface area (Å²) < 4.78 is 54.7. The highest BCUT2D eigenvalue weighted by Gasteiger charge is 2.15. The van der Waals surface area contributed by atoms with Gasteiger partial charge in [-0.25, -0.2) is 32.2 Å². The highest BCUT2D eigenvalue weighted by Crippen LogP contribution is 2.14. The molecule has 2 heterocycles. The van der Waals surface area contributed by atoms with Crippen LogP contribution in [0.1, 0.15) is 0 Å². The van der Waals surface area contributed by atoms with Crippen molar-refractivity contribution in [3.63, 3.8) is 0 Å². The molecular formula is C15H10F4N8O2. The van der Waals surface area contributed by atoms with E-state index in [1.165, 1.54) is 19.2 Å². The Morgan fingerprint density at radius 1 is 0.759 bits per heavy atom. The lowest BCUT2D eigenvalue weighted by Crippen LogP contribution is -2.23. The first-order chi connectivity index (χ1) is 13.8. The zero-order valence-electron chi connectivity index (χ0n) is 14.4. The van der Waals surface area contributed by atoms with Crippen LogP contribution in [0.15, 0.2) is 46.0 Å². The number of aromatic nitrogens is 8. The van der Waals surface area contributed by atoms with Gasteiger partial charge in [-0.3, -0.25) is 0 Å². The van der Waals surface area contributed by atoms with Gasteiger partial charge in [0.15, 0.2) is 23.3 Å². The first kappa shape index (κ1) is 19.7. The molecule has 2 aromatic carbocycles. The fraction of sp³-hybridized carbons (Fsp3) is 0.0667. The molecule has 0 fully saturated rings. The largest absolute Gasteiger partial charge is 0.368 e. The molecule has 150 valence electrons. The molecule has 1 N–H and O–H groups in total. The molecule has 0 atom stereocenters. The van der Waals surface area contributed by atoms with E-state index in [0.717, 1.165) is 28.9 Å². The molecule has 4 aromatic rings. The van der Waals surface area contributed by atoms with Crippen LogP contribution in [-0.2, 0) is 7.05 Å². The quantitative estimate of drug-likeness (QED) is 0.481. The maximum atomic E-state index is 13.2. The number of aromatic amines is 1. The number of halogens is 4. The van der Waals surface area contributed by atoms with Crippen LogP contribution < -0.4 is 11.4 Å². The Morgan fingerprint density at radius 2 is 1.24 bits per heavy atom. The van der Waals surface area contributed by atoms with E-state index >= 15 is 0 Å². The molecular weight excluding hydrogens is 400 g/mol. The molecule has 10 nitrogen and oxygen atoms in total. The van der Waals surface area contributed by atoms with Crippen molar-refractivity contribution in [2.45, 2.75) is 0 Å². The number of rotatable bonds is 2. The van der Waals surface area contributed by atoms with E-state index in [0.29, 0.717) is 9.36 Å². The van der Waals surface area contributed by atoms with Crippen LogP contribution in [0.25, 0.3) is 11.4 Å². The fourth-order valence-corrected chi connectivity index (χ4v) is 2.18. The van der Waals surface area contributed by atoms with Crippen molar-refractivity contribution in [2.75, 3.05) is 0 Å². The molecule has 0 unspecified atom stereocenters. The topological polar surface area (TPSA) is 116 Å². The molecule has 0 amide bonds. The number of tetrazole rings is 2. The molecule has 0 spiro atoms. The van der Waals surface area contributed by atoms with Gasteiger partial charge in [0, 0.05) is 7.05 Å². The maximum absolute atomic E-state index is 13.2. The van der Waals surface area contributed by atoms with Crippen LogP contribution >= 0.6 is 0 Å². The monoisotopic (exact) mass is 410 g/mol. The maximum Gasteiger partial charge on any atom is 0.368 e. The van der Waals surface area contributed by atoms with Gasteiger partial charge < -0.3 is 0 Å². The summed E-state index contributed by atoms with van der Waals surface area (Å²) >= 11 is 0. The Bertz CT molecular complexity index is 1240. The van der Waals surface area contributed by atoms with Crippen LogP contribution in [0, 0.1) is 23.3 Å². The summed E-state index contributed by atoms with van der Waals surface area (Å²) in [6, 6.07) is 6.53. The summed E-state index contributed by atoms with van der Waals surface area (Å²) in [6.07, 6.45) is 0. The number of para-hydroxylation sites is 2. The minimum atomic E-state index is -0.874. The second kappa shape index (κ2) is 7.87. The van der Waals surface area contributed by atoms with Crippen LogP contribution in [0.2, 0.25) is 0 Å². The predicted molar refractivity (Wildman–Crippen MR) is 88.4 cm³/mol. The number of nitrogens with zero attached hydrogens (tertiary/aromatic N) is 7. The molecule has 0 saturated heterocycles. The molecule has 0 saturated carbocycles. The minimum Gasteiger partial charge on any atom is -0.244 e. The van der Waals surface area contributed by atoms with Gasteiger partial charge in [-0.15, -0.1) is 0 Å². The van der Waals surface area contributed by atoms with Crippen LogP contribution in [-0.4, -0.2) is 40.0 Å². The van der Waals surface area contributed by atoms with Crippen molar-refractivity contribution in [1.29, 1.82) is 0 Å². The lowest BCUT2D eigenvalue weighted by molar-refractivity contribution is 0.553. The van der Waals surface area contributed by atoms with Crippen molar-refractivity contribution in [3.8, 4) is 11.4 Å². The predicted octanol–water partition coefficient (Wildman–Crippen LogP) is 0.478. The van der Waals surface area contributed by atoms with E-state index < -0.39 is 46.0 Å². The average Bonchev–Trinajstić information content (AvgIpc) is 3.23. The van der Waals surface area contributed by atoms with Crippen LogP contribution in [0.3, 0.4) is 0 Å². The van der Waals surface area contributed by atoms with E-state index in [1.807, 2.05) is 5.10 Å². The fourth-order valence-electron chi connectivity index (χ4n) is 2.18. The first-order valence-corrected chi connectivity index (χ1v) is 7.69. The SMILES string of the molecule is Cn1nnn(-c2c(F)cccc2F)c1=O.O=c1[nH]nnn1-c1c(F)cccc1F. The zero-order valence-corrected chi connectivity index (χ0v) is 14.4. The normalized spacial score (nSPS) is 10.5. The summed E-state index contributed by atoms with van der Waals surface area (Å²) in [5.41, 5.74) is -2.56. The van der Waals surface area contributed by atoms with Crippen LogP contribution in [0.4, 0.5) is 17.6 Å². The van der Waals surface area contributed by atoms with Gasteiger partial charge in [-0.1, -0.05) is 12.1 Å². The Morgan fingerprint density at radius 3 is 1.62 bits per heavy atom. The molecule has 0 bridgehead atoms. The summed E-state index contributed by atoms with van der Waals surface area (Å²) in [6.45, 7) is 0. The number of hydrogen-bond donors (Lipinski definition) is 1. The summed E-state index contributed by atoms with van der Waals surface area (Å²) in [5, 5.41) is 15.0. The van der Waals surface area contributed by atoms with Crippen LogP contribution in [0.5, 0.6) is 0 Å². The van der Waals surface area contributed by atoms with Crippen molar-refractivity contribution < 1.29 is 17.6 Å². The number of H-pyrrole nitrogens is 1. The smallest absolute Gasteiger partial charge is 0.244 e. The van der Waals surface area contributed by atoms with Crippen molar-refractivity contribution >= 4 is 0 Å². The number of hydrogen-bond acceptors (Lipinski definition) is 6. The standard InChI is InChI=1S/C8H6F2N4O.C7H4F2N4O/c1-13-8(15)14(12-11-13)7-5(9)3-2-4-6(7)10;8-4-2-1-3-5(9)6(4)13-7(14)10-11-12-13/h2-4H,1H3;1-3H,(H,10,12,14). The highest BCUT2D eigenvalue weighted by molar-refractivity contribution is 5.34. The van der Waals surface area contributed by atoms with E-state index in [1.54, 1.807) is 0 Å². The third-order valence-electron chi connectivity index (χ3n) is 3.49. The van der Waals surface area contributed by atoms with Gasteiger partial charge >= 0.3 is 11.4 Å². The second-order valence-electron chi connectivity index (χ2n) is 5.36. The van der Waals surface area contributed by atoms with Gasteiger partial charge in [0.25, 0.3) is 0 Å². The average molecular weight is 410 g/mol. The van der Waals surface area contributed by atoms with Crippen molar-refractivity contribution in [3.05, 3.63) is 80.6 Å². The number of aryl methyl sites for hydroxylation is 1. The molecule has 14 heteroatoms. The molecule has 0 aliphatic rings. The summed E-state index contributed by atoms with van der Waals surface area (Å²) in [5.74, 6) is -3.47. The lowest BCUT2D eigenvalue weighted by atomic mass is 10.3. The Labute approximate surface area is 157 Å². The van der Waals surface area contributed by atoms with Crippen molar-refractivity contribution in [1.82, 2.24) is 40.0 Å². The highest BCUT2D eigenvalue weighted by atomic mass is 19.1. The number of benzene rings is 2. The lowest BCUT2D eigenvalue weighted by Gasteiger charge is -2.00. The van der Waals surface area contributed by atoms with Gasteiger partial charge in [0.05, 0.1) is 0 Å². The Hall–Kier alpha value is -4.10. The zero-order chi connectivity index (χ0) is 21.1. The molecule has 2 aromatic heterocycles. The molecule has 0 aliphatic carbocycles. The molecule has 0 aliphatic heterocycles. The minimum absolute atomic E-state index is 0.518. The number of nitrogens with one attached hydrogen (secondary N) is 1.